The Kier molecular flexibility index (Phi) is 6.02. The molecule has 0 radical (unpaired) electrons. The molecule has 232 valence electrons. The number of para-hydroxylation sites is 1. The molecule has 3 heterocycles. The van der Waals surface area contributed by atoms with Gasteiger partial charge in [-0.1, -0.05) is 98.8 Å². The van der Waals surface area contributed by atoms with E-state index in [2.05, 4.69) is 96.2 Å². The van der Waals surface area contributed by atoms with E-state index in [1.807, 2.05) is 66.2 Å². The maximum Gasteiger partial charge on any atom is 0.164 e. The Morgan fingerprint density at radius 3 is 1.90 bits per heavy atom. The van der Waals surface area contributed by atoms with E-state index in [-0.39, 0.29) is 5.41 Å². The zero-order valence-electron chi connectivity index (χ0n) is 26.9. The van der Waals surface area contributed by atoms with Crippen LogP contribution in [0.2, 0.25) is 0 Å². The van der Waals surface area contributed by atoms with Gasteiger partial charge in [-0.25, -0.2) is 19.9 Å². The number of fused-ring (bicyclic) bond motifs is 7. The van der Waals surface area contributed by atoms with Crippen molar-refractivity contribution in [2.45, 2.75) is 19.3 Å². The lowest BCUT2D eigenvalue weighted by molar-refractivity contribution is 0.661. The van der Waals surface area contributed by atoms with Gasteiger partial charge in [0.1, 0.15) is 0 Å². The van der Waals surface area contributed by atoms with Crippen molar-refractivity contribution < 1.29 is 0 Å². The first kappa shape index (κ1) is 28.1. The summed E-state index contributed by atoms with van der Waals surface area (Å²) in [6, 6.07) is 47.1. The quantitative estimate of drug-likeness (QED) is 0.191. The van der Waals surface area contributed by atoms with Crippen LogP contribution >= 0.6 is 11.3 Å². The van der Waals surface area contributed by atoms with Gasteiger partial charge in [0.2, 0.25) is 0 Å². The van der Waals surface area contributed by atoms with E-state index in [0.29, 0.717) is 17.5 Å². The van der Waals surface area contributed by atoms with E-state index >= 15 is 0 Å². The Hall–Kier alpha value is -5.98. The molecular formula is C43H29N5S. The van der Waals surface area contributed by atoms with Crippen LogP contribution in [0.3, 0.4) is 0 Å². The lowest BCUT2D eigenvalue weighted by Gasteiger charge is -2.21. The first-order valence-electron chi connectivity index (χ1n) is 16.5. The highest BCUT2D eigenvalue weighted by Crippen LogP contribution is 2.51. The van der Waals surface area contributed by atoms with Crippen LogP contribution in [0.1, 0.15) is 25.0 Å². The molecule has 0 aliphatic heterocycles. The van der Waals surface area contributed by atoms with Crippen LogP contribution < -0.4 is 0 Å². The van der Waals surface area contributed by atoms with Crippen LogP contribution in [-0.2, 0) is 5.41 Å². The Bertz CT molecular complexity index is 2680. The van der Waals surface area contributed by atoms with E-state index in [1.165, 1.54) is 32.3 Å². The topological polar surface area (TPSA) is 56.5 Å². The third-order valence-electron chi connectivity index (χ3n) is 10.00. The van der Waals surface area contributed by atoms with Crippen LogP contribution in [-0.4, -0.2) is 24.5 Å². The standard InChI is InChI=1S/C43H29N5S/c1-43(2)34-19-18-29(22-31(34)32-23-36-39(24-35(32)43)49-25-44-36)48-37-16-10-9-15-30(37)33-21-28(17-20-38(33)48)42-46-40(26-11-5-3-6-12-26)45-41(47-42)27-13-7-4-8-14-27/h3-25H,1-2H3. The van der Waals surface area contributed by atoms with Crippen molar-refractivity contribution in [3.8, 4) is 51.0 Å². The largest absolute Gasteiger partial charge is 0.309 e. The molecule has 0 unspecified atom stereocenters. The number of aromatic nitrogens is 5. The lowest BCUT2D eigenvalue weighted by atomic mass is 9.82. The second-order valence-electron chi connectivity index (χ2n) is 13.2. The van der Waals surface area contributed by atoms with E-state index in [1.54, 1.807) is 11.3 Å². The molecule has 1 aliphatic carbocycles. The molecule has 0 bridgehead atoms. The maximum absolute atomic E-state index is 5.01. The van der Waals surface area contributed by atoms with Gasteiger partial charge in [0.15, 0.2) is 17.5 Å². The van der Waals surface area contributed by atoms with Crippen LogP contribution in [0.5, 0.6) is 0 Å². The third kappa shape index (κ3) is 4.31. The smallest absolute Gasteiger partial charge is 0.164 e. The van der Waals surface area contributed by atoms with Gasteiger partial charge in [-0.2, -0.15) is 0 Å². The van der Waals surface area contributed by atoms with Gasteiger partial charge in [0.25, 0.3) is 0 Å². The highest BCUT2D eigenvalue weighted by atomic mass is 32.1. The van der Waals surface area contributed by atoms with Gasteiger partial charge in [0.05, 0.1) is 26.8 Å². The molecule has 0 spiro atoms. The van der Waals surface area contributed by atoms with Gasteiger partial charge in [-0.05, 0) is 70.8 Å². The number of nitrogens with zero attached hydrogens (tertiary/aromatic N) is 5. The molecule has 3 aromatic heterocycles. The summed E-state index contributed by atoms with van der Waals surface area (Å²) in [7, 11) is 0. The summed E-state index contributed by atoms with van der Waals surface area (Å²) >= 11 is 1.71. The second-order valence-corrected chi connectivity index (χ2v) is 14.1. The van der Waals surface area contributed by atoms with Crippen molar-refractivity contribution in [3.63, 3.8) is 0 Å². The predicted molar refractivity (Wildman–Crippen MR) is 201 cm³/mol. The van der Waals surface area contributed by atoms with Gasteiger partial charge in [-0.15, -0.1) is 11.3 Å². The molecular weight excluding hydrogens is 619 g/mol. The van der Waals surface area contributed by atoms with Crippen LogP contribution in [0.4, 0.5) is 0 Å². The summed E-state index contributed by atoms with van der Waals surface area (Å²) in [6.07, 6.45) is 0. The fraction of sp³-hybridized carbons (Fsp3) is 0.0698. The van der Waals surface area contributed by atoms with Crippen LogP contribution in [0.15, 0.2) is 139 Å². The summed E-state index contributed by atoms with van der Waals surface area (Å²) in [5, 5.41) is 2.34. The summed E-state index contributed by atoms with van der Waals surface area (Å²) in [5.74, 6) is 1.96. The second kappa shape index (κ2) is 10.5. The van der Waals surface area contributed by atoms with Crippen molar-refractivity contribution >= 4 is 43.4 Å². The molecule has 0 atom stereocenters. The Balaban J connectivity index is 1.16. The zero-order chi connectivity index (χ0) is 32.7. The van der Waals surface area contributed by atoms with E-state index in [0.717, 1.165) is 44.3 Å². The molecule has 0 saturated heterocycles. The fourth-order valence-corrected chi connectivity index (χ4v) is 8.25. The molecule has 5 nitrogen and oxygen atoms in total. The monoisotopic (exact) mass is 647 g/mol. The minimum atomic E-state index is -0.0845. The average Bonchev–Trinajstić information content (AvgIpc) is 3.82. The number of hydrogen-bond donors (Lipinski definition) is 0. The molecule has 0 fully saturated rings. The van der Waals surface area contributed by atoms with Crippen molar-refractivity contribution in [1.29, 1.82) is 0 Å². The molecule has 0 N–H and O–H groups in total. The van der Waals surface area contributed by atoms with Crippen molar-refractivity contribution in [1.82, 2.24) is 24.5 Å². The number of thiazole rings is 1. The zero-order valence-corrected chi connectivity index (χ0v) is 27.7. The Morgan fingerprint density at radius 2 is 1.16 bits per heavy atom. The van der Waals surface area contributed by atoms with Gasteiger partial charge in [0, 0.05) is 38.6 Å². The lowest BCUT2D eigenvalue weighted by Crippen LogP contribution is -2.14. The summed E-state index contributed by atoms with van der Waals surface area (Å²) in [5.41, 5.74) is 14.5. The molecule has 0 saturated carbocycles. The molecule has 9 aromatic rings. The molecule has 6 aromatic carbocycles. The van der Waals surface area contributed by atoms with Crippen LogP contribution in [0.25, 0.3) is 83.0 Å². The van der Waals surface area contributed by atoms with Gasteiger partial charge >= 0.3 is 0 Å². The summed E-state index contributed by atoms with van der Waals surface area (Å²) in [6.45, 7) is 4.67. The number of rotatable bonds is 4. The number of benzene rings is 6. The van der Waals surface area contributed by atoms with Crippen molar-refractivity contribution in [2.24, 2.45) is 0 Å². The van der Waals surface area contributed by atoms with E-state index in [4.69, 9.17) is 15.0 Å². The molecule has 49 heavy (non-hydrogen) atoms. The first-order chi connectivity index (χ1) is 24.0. The van der Waals surface area contributed by atoms with Gasteiger partial charge in [-0.3, -0.25) is 0 Å². The summed E-state index contributed by atoms with van der Waals surface area (Å²) < 4.78 is 3.63. The first-order valence-corrected chi connectivity index (χ1v) is 17.3. The maximum atomic E-state index is 5.01. The number of hydrogen-bond acceptors (Lipinski definition) is 5. The Morgan fingerprint density at radius 1 is 0.531 bits per heavy atom. The minimum absolute atomic E-state index is 0.0845. The van der Waals surface area contributed by atoms with E-state index in [9.17, 15) is 0 Å². The highest BCUT2D eigenvalue weighted by molar-refractivity contribution is 7.16. The van der Waals surface area contributed by atoms with Gasteiger partial charge < -0.3 is 4.57 Å². The molecule has 6 heteroatoms. The fourth-order valence-electron chi connectivity index (χ4n) is 7.56. The molecule has 10 rings (SSSR count). The normalized spacial score (nSPS) is 13.3. The average molecular weight is 648 g/mol. The highest BCUT2D eigenvalue weighted by Gasteiger charge is 2.36. The third-order valence-corrected chi connectivity index (χ3v) is 10.8. The molecule has 0 amide bonds. The van der Waals surface area contributed by atoms with E-state index < -0.39 is 0 Å². The van der Waals surface area contributed by atoms with Crippen molar-refractivity contribution in [3.05, 3.63) is 150 Å². The van der Waals surface area contributed by atoms with Crippen LogP contribution in [0, 0.1) is 0 Å². The SMILES string of the molecule is CC1(C)c2ccc(-n3c4ccccc4c4cc(-c5nc(-c6ccccc6)nc(-c6ccccc6)n5)ccc43)cc2-c2cc3ncsc3cc21. The molecule has 1 aliphatic rings. The Labute approximate surface area is 287 Å². The summed E-state index contributed by atoms with van der Waals surface area (Å²) in [4.78, 5) is 19.6. The van der Waals surface area contributed by atoms with Crippen molar-refractivity contribution in [2.75, 3.05) is 0 Å². The minimum Gasteiger partial charge on any atom is -0.309 e. The predicted octanol–water partition coefficient (Wildman–Crippen LogP) is 10.9.